The maximum absolute atomic E-state index is 11.7. The summed E-state index contributed by atoms with van der Waals surface area (Å²) >= 11 is 0. The lowest BCUT2D eigenvalue weighted by Gasteiger charge is -2.26. The lowest BCUT2D eigenvalue weighted by Crippen LogP contribution is -2.48. The maximum Gasteiger partial charge on any atom is 0.305 e. The zero-order chi connectivity index (χ0) is 27.3. The van der Waals surface area contributed by atoms with Crippen molar-refractivity contribution < 1.29 is 68.8 Å². The van der Waals surface area contributed by atoms with Crippen molar-refractivity contribution in [1.82, 2.24) is 0 Å². The van der Waals surface area contributed by atoms with Gasteiger partial charge in [0.1, 0.15) is 50.8 Å². The minimum Gasteiger partial charge on any atom is -0.463 e. The standard InChI is InChI=1S/C22H38O14/c23-9-11-33-17(27)5-1-3-7-19(29)35-13-15(25)21(31)22(32)16(26)14-36-20(30)8-4-2-6-18(28)34-12-10-24/h15-16,21-26,31-32H,1-14H2/t15-,16+,21-,22-/m1/s1. The van der Waals surface area contributed by atoms with E-state index in [1.165, 1.54) is 0 Å². The van der Waals surface area contributed by atoms with Crippen molar-refractivity contribution in [2.24, 2.45) is 0 Å². The zero-order valence-corrected chi connectivity index (χ0v) is 20.2. The molecule has 0 aliphatic heterocycles. The van der Waals surface area contributed by atoms with Gasteiger partial charge in [-0.3, -0.25) is 19.2 Å². The Morgan fingerprint density at radius 1 is 0.500 bits per heavy atom. The molecule has 0 fully saturated rings. The van der Waals surface area contributed by atoms with E-state index in [1.807, 2.05) is 0 Å². The summed E-state index contributed by atoms with van der Waals surface area (Å²) in [6.45, 7) is -2.09. The average molecular weight is 527 g/mol. The van der Waals surface area contributed by atoms with Gasteiger partial charge in [-0.05, 0) is 25.7 Å². The normalized spacial score (nSPS) is 14.3. The quantitative estimate of drug-likeness (QED) is 0.0526. The fourth-order valence-corrected chi connectivity index (χ4v) is 2.69. The van der Waals surface area contributed by atoms with Crippen LogP contribution in [0.3, 0.4) is 0 Å². The van der Waals surface area contributed by atoms with Gasteiger partial charge in [0.2, 0.25) is 0 Å². The monoisotopic (exact) mass is 526 g/mol. The van der Waals surface area contributed by atoms with E-state index in [1.54, 1.807) is 0 Å². The molecule has 0 amide bonds. The Bertz CT molecular complexity index is 586. The van der Waals surface area contributed by atoms with Crippen molar-refractivity contribution in [2.45, 2.75) is 75.8 Å². The fraction of sp³-hybridized carbons (Fsp3) is 0.818. The predicted molar refractivity (Wildman–Crippen MR) is 119 cm³/mol. The molecule has 0 saturated heterocycles. The molecule has 6 N–H and O–H groups in total. The molecule has 0 heterocycles. The summed E-state index contributed by atoms with van der Waals surface area (Å²) in [5.41, 5.74) is 0. The molecule has 0 bridgehead atoms. The molecule has 0 spiro atoms. The van der Waals surface area contributed by atoms with Crippen LogP contribution in [0, 0.1) is 0 Å². The largest absolute Gasteiger partial charge is 0.463 e. The van der Waals surface area contributed by atoms with Gasteiger partial charge in [0.25, 0.3) is 0 Å². The smallest absolute Gasteiger partial charge is 0.305 e. The maximum atomic E-state index is 11.7. The SMILES string of the molecule is O=C(CCCCC(=O)OC[C@@H](O)[C@@H](O)[C@H](O)[C@@H](O)COC(=O)CCCCC(=O)OCCO)OCCO. The molecule has 210 valence electrons. The van der Waals surface area contributed by atoms with E-state index in [2.05, 4.69) is 9.47 Å². The van der Waals surface area contributed by atoms with Crippen LogP contribution in [-0.2, 0) is 38.1 Å². The van der Waals surface area contributed by atoms with Crippen LogP contribution in [-0.4, -0.2) is 119 Å². The van der Waals surface area contributed by atoms with Crippen molar-refractivity contribution in [1.29, 1.82) is 0 Å². The highest BCUT2D eigenvalue weighted by molar-refractivity contribution is 5.71. The summed E-state index contributed by atoms with van der Waals surface area (Å²) in [5, 5.41) is 56.8. The second-order valence-corrected chi connectivity index (χ2v) is 7.78. The number of rotatable bonds is 21. The molecule has 0 unspecified atom stereocenters. The number of ether oxygens (including phenoxy) is 4. The molecule has 0 aromatic heterocycles. The highest BCUT2D eigenvalue weighted by atomic mass is 16.6. The van der Waals surface area contributed by atoms with Gasteiger partial charge in [-0.25, -0.2) is 0 Å². The lowest BCUT2D eigenvalue weighted by molar-refractivity contribution is -0.162. The van der Waals surface area contributed by atoms with Crippen LogP contribution >= 0.6 is 0 Å². The second kappa shape index (κ2) is 20.8. The van der Waals surface area contributed by atoms with Crippen molar-refractivity contribution in [3.05, 3.63) is 0 Å². The highest BCUT2D eigenvalue weighted by Crippen LogP contribution is 2.09. The molecule has 0 aliphatic rings. The number of carbonyl (C=O) groups excluding carboxylic acids is 4. The van der Waals surface area contributed by atoms with Gasteiger partial charge in [0.15, 0.2) is 0 Å². The third-order valence-corrected chi connectivity index (χ3v) is 4.70. The first-order chi connectivity index (χ1) is 17.1. The number of aliphatic hydroxyl groups excluding tert-OH is 6. The molecule has 0 saturated carbocycles. The van der Waals surface area contributed by atoms with E-state index >= 15 is 0 Å². The summed E-state index contributed by atoms with van der Waals surface area (Å²) in [5.74, 6) is -2.44. The number of aliphatic hydroxyl groups is 6. The Hall–Kier alpha value is -2.36. The number of carbonyl (C=O) groups is 4. The van der Waals surface area contributed by atoms with Crippen LogP contribution in [0.4, 0.5) is 0 Å². The third kappa shape index (κ3) is 17.1. The Morgan fingerprint density at radius 3 is 1.06 bits per heavy atom. The van der Waals surface area contributed by atoms with Gasteiger partial charge in [-0.15, -0.1) is 0 Å². The van der Waals surface area contributed by atoms with E-state index in [9.17, 15) is 39.6 Å². The van der Waals surface area contributed by atoms with Crippen LogP contribution in [0.1, 0.15) is 51.4 Å². The van der Waals surface area contributed by atoms with E-state index < -0.39 is 61.5 Å². The summed E-state index contributed by atoms with van der Waals surface area (Å²) < 4.78 is 18.9. The Morgan fingerprint density at radius 2 is 0.778 bits per heavy atom. The first kappa shape index (κ1) is 33.6. The average Bonchev–Trinajstić information content (AvgIpc) is 2.87. The van der Waals surface area contributed by atoms with Crippen LogP contribution in [0.5, 0.6) is 0 Å². The van der Waals surface area contributed by atoms with Crippen LogP contribution in [0.2, 0.25) is 0 Å². The third-order valence-electron chi connectivity index (χ3n) is 4.70. The lowest BCUT2D eigenvalue weighted by atomic mass is 10.0. The van der Waals surface area contributed by atoms with Crippen LogP contribution < -0.4 is 0 Å². The highest BCUT2D eigenvalue weighted by Gasteiger charge is 2.31. The number of hydrogen-bond acceptors (Lipinski definition) is 14. The van der Waals surface area contributed by atoms with E-state index in [4.69, 9.17) is 19.7 Å². The summed E-state index contributed by atoms with van der Waals surface area (Å²) in [6, 6.07) is 0. The van der Waals surface area contributed by atoms with Crippen molar-refractivity contribution >= 4 is 23.9 Å². The van der Waals surface area contributed by atoms with E-state index in [0.29, 0.717) is 25.7 Å². The van der Waals surface area contributed by atoms with Crippen LogP contribution in [0.15, 0.2) is 0 Å². The van der Waals surface area contributed by atoms with Crippen molar-refractivity contribution in [3.8, 4) is 0 Å². The number of esters is 4. The topological polar surface area (TPSA) is 227 Å². The minimum atomic E-state index is -1.90. The molecular weight excluding hydrogens is 488 g/mol. The zero-order valence-electron chi connectivity index (χ0n) is 20.2. The van der Waals surface area contributed by atoms with Gasteiger partial charge in [0, 0.05) is 25.7 Å². The van der Waals surface area contributed by atoms with E-state index in [0.717, 1.165) is 0 Å². The molecule has 4 atom stereocenters. The molecule has 14 nitrogen and oxygen atoms in total. The first-order valence-electron chi connectivity index (χ1n) is 11.7. The van der Waals surface area contributed by atoms with Gasteiger partial charge >= 0.3 is 23.9 Å². The van der Waals surface area contributed by atoms with Gasteiger partial charge < -0.3 is 49.6 Å². The number of hydrogen-bond donors (Lipinski definition) is 6. The molecule has 0 aromatic carbocycles. The van der Waals surface area contributed by atoms with Gasteiger partial charge in [-0.2, -0.15) is 0 Å². The van der Waals surface area contributed by atoms with Gasteiger partial charge in [-0.1, -0.05) is 0 Å². The van der Waals surface area contributed by atoms with Crippen molar-refractivity contribution in [2.75, 3.05) is 39.6 Å². The minimum absolute atomic E-state index is 0.0589. The Kier molecular flexibility index (Phi) is 19.4. The molecular formula is C22H38O14. The van der Waals surface area contributed by atoms with Crippen LogP contribution in [0.25, 0.3) is 0 Å². The molecule has 14 heteroatoms. The predicted octanol–water partition coefficient (Wildman–Crippen LogP) is -2.29. The molecule has 0 rings (SSSR count). The number of unbranched alkanes of at least 4 members (excludes halogenated alkanes) is 2. The molecule has 0 aromatic rings. The summed E-state index contributed by atoms with van der Waals surface area (Å²) in [6.07, 6.45) is -6.01. The first-order valence-corrected chi connectivity index (χ1v) is 11.7. The van der Waals surface area contributed by atoms with E-state index in [-0.39, 0.29) is 52.1 Å². The molecule has 0 aliphatic carbocycles. The Labute approximate surface area is 208 Å². The van der Waals surface area contributed by atoms with Crippen molar-refractivity contribution in [3.63, 3.8) is 0 Å². The summed E-state index contributed by atoms with van der Waals surface area (Å²) in [4.78, 5) is 45.9. The molecule has 0 radical (unpaired) electrons. The second-order valence-electron chi connectivity index (χ2n) is 7.78. The molecule has 36 heavy (non-hydrogen) atoms. The van der Waals surface area contributed by atoms with Gasteiger partial charge in [0.05, 0.1) is 13.2 Å². The Balaban J connectivity index is 4.06. The fourth-order valence-electron chi connectivity index (χ4n) is 2.69. The summed E-state index contributed by atoms with van der Waals surface area (Å²) in [7, 11) is 0.